The zero-order valence-electron chi connectivity index (χ0n) is 22.2. The van der Waals surface area contributed by atoms with Crippen LogP contribution in [0, 0.1) is 0 Å². The number of pyridine rings is 1. The minimum absolute atomic E-state index is 0.330. The summed E-state index contributed by atoms with van der Waals surface area (Å²) in [5.74, 6) is 0. The molecule has 0 saturated carbocycles. The Balaban J connectivity index is 1.67. The van der Waals surface area contributed by atoms with Crippen molar-refractivity contribution in [1.82, 2.24) is 9.97 Å². The van der Waals surface area contributed by atoms with Crippen molar-refractivity contribution in [3.05, 3.63) is 95.8 Å². The molecule has 6 heteroatoms. The summed E-state index contributed by atoms with van der Waals surface area (Å²) >= 11 is 0. The Bertz CT molecular complexity index is 1220. The van der Waals surface area contributed by atoms with Gasteiger partial charge in [0.15, 0.2) is 0 Å². The monoisotopic (exact) mass is 519 g/mol. The smallest absolute Gasteiger partial charge is 0.359 e. The van der Waals surface area contributed by atoms with Crippen molar-refractivity contribution in [2.45, 2.75) is 71.4 Å². The maximum atomic E-state index is 13.2. The molecule has 2 aromatic heterocycles. The lowest BCUT2D eigenvalue weighted by Gasteiger charge is -2.26. The highest BCUT2D eigenvalue weighted by molar-refractivity contribution is 5.78. The van der Waals surface area contributed by atoms with Crippen LogP contribution in [0.25, 0.3) is 11.4 Å². The number of halogens is 3. The maximum Gasteiger partial charge on any atom is 0.417 e. The first-order valence-electron chi connectivity index (χ1n) is 13.6. The number of aromatic amines is 1. The molecular weight excluding hydrogens is 483 g/mol. The third kappa shape index (κ3) is 7.06. The molecule has 0 atom stereocenters. The minimum Gasteiger partial charge on any atom is -0.359 e. The van der Waals surface area contributed by atoms with Gasteiger partial charge in [-0.15, -0.1) is 0 Å². The SMILES string of the molecule is CCCCCc1ccc(N(c2ccc(CCCCC)cc2)c2ccnc(-c3cc(C(F)(F)F)c[nH]3)c2)cc1. The number of aromatic nitrogens is 2. The van der Waals surface area contributed by atoms with Gasteiger partial charge in [-0.3, -0.25) is 4.98 Å². The van der Waals surface area contributed by atoms with Crippen LogP contribution in [-0.2, 0) is 19.0 Å². The molecule has 0 spiro atoms. The van der Waals surface area contributed by atoms with Gasteiger partial charge in [0.2, 0.25) is 0 Å². The number of rotatable bonds is 12. The Labute approximate surface area is 223 Å². The molecule has 200 valence electrons. The second kappa shape index (κ2) is 12.8. The molecule has 0 unspecified atom stereocenters. The molecule has 0 aliphatic heterocycles. The number of anilines is 3. The number of alkyl halides is 3. The second-order valence-corrected chi connectivity index (χ2v) is 9.78. The van der Waals surface area contributed by atoms with Crippen LogP contribution in [0.2, 0.25) is 0 Å². The lowest BCUT2D eigenvalue weighted by molar-refractivity contribution is -0.137. The topological polar surface area (TPSA) is 31.9 Å². The first kappa shape index (κ1) is 27.5. The zero-order chi connectivity index (χ0) is 27.0. The summed E-state index contributed by atoms with van der Waals surface area (Å²) in [6.07, 6.45) is 7.47. The van der Waals surface area contributed by atoms with E-state index >= 15 is 0 Å². The average molecular weight is 520 g/mol. The minimum atomic E-state index is -4.41. The van der Waals surface area contributed by atoms with E-state index < -0.39 is 11.7 Å². The number of H-pyrrole nitrogens is 1. The number of nitrogens with zero attached hydrogens (tertiary/aromatic N) is 2. The van der Waals surface area contributed by atoms with Crippen molar-refractivity contribution in [3.63, 3.8) is 0 Å². The molecule has 0 aliphatic rings. The summed E-state index contributed by atoms with van der Waals surface area (Å²) in [6.45, 7) is 4.41. The summed E-state index contributed by atoms with van der Waals surface area (Å²) in [6, 6.07) is 22.0. The van der Waals surface area contributed by atoms with Crippen molar-refractivity contribution < 1.29 is 13.2 Å². The Morgan fingerprint density at radius 1 is 0.711 bits per heavy atom. The van der Waals surface area contributed by atoms with Crippen molar-refractivity contribution in [3.8, 4) is 11.4 Å². The van der Waals surface area contributed by atoms with Crippen LogP contribution in [0.4, 0.5) is 30.2 Å². The fraction of sp³-hybridized carbons (Fsp3) is 0.344. The Hall–Kier alpha value is -3.54. The largest absolute Gasteiger partial charge is 0.417 e. The van der Waals surface area contributed by atoms with E-state index in [2.05, 4.69) is 77.2 Å². The first-order chi connectivity index (χ1) is 18.4. The molecule has 0 amide bonds. The summed E-state index contributed by atoms with van der Waals surface area (Å²) in [7, 11) is 0. The molecule has 1 N–H and O–H groups in total. The molecule has 0 fully saturated rings. The Kier molecular flexibility index (Phi) is 9.27. The first-order valence-corrected chi connectivity index (χ1v) is 13.6. The van der Waals surface area contributed by atoms with Crippen molar-refractivity contribution in [2.24, 2.45) is 0 Å². The molecule has 3 nitrogen and oxygen atoms in total. The van der Waals surface area contributed by atoms with Gasteiger partial charge >= 0.3 is 6.18 Å². The third-order valence-corrected chi connectivity index (χ3v) is 6.82. The molecule has 2 heterocycles. The average Bonchev–Trinajstić information content (AvgIpc) is 3.43. The van der Waals surface area contributed by atoms with E-state index in [4.69, 9.17) is 0 Å². The zero-order valence-corrected chi connectivity index (χ0v) is 22.2. The van der Waals surface area contributed by atoms with Crippen molar-refractivity contribution in [2.75, 3.05) is 4.90 Å². The molecule has 0 radical (unpaired) electrons. The quantitative estimate of drug-likeness (QED) is 0.189. The van der Waals surface area contributed by atoms with Crippen LogP contribution in [0.15, 0.2) is 79.1 Å². The molecule has 0 saturated heterocycles. The number of benzene rings is 2. The lowest BCUT2D eigenvalue weighted by atomic mass is 10.0. The van der Waals surface area contributed by atoms with Gasteiger partial charge in [-0.2, -0.15) is 13.2 Å². The molecule has 0 aliphatic carbocycles. The van der Waals surface area contributed by atoms with Crippen LogP contribution in [0.5, 0.6) is 0 Å². The van der Waals surface area contributed by atoms with Crippen LogP contribution in [0.3, 0.4) is 0 Å². The van der Waals surface area contributed by atoms with E-state index in [0.717, 1.165) is 42.2 Å². The van der Waals surface area contributed by atoms with E-state index in [0.29, 0.717) is 11.4 Å². The maximum absolute atomic E-state index is 13.2. The number of nitrogens with one attached hydrogen (secondary N) is 1. The Morgan fingerprint density at radius 2 is 1.26 bits per heavy atom. The van der Waals surface area contributed by atoms with E-state index in [1.54, 1.807) is 6.20 Å². The van der Waals surface area contributed by atoms with Gasteiger partial charge in [-0.1, -0.05) is 63.8 Å². The third-order valence-electron chi connectivity index (χ3n) is 6.82. The van der Waals surface area contributed by atoms with Gasteiger partial charge in [-0.05, 0) is 79.3 Å². The van der Waals surface area contributed by atoms with Crippen LogP contribution < -0.4 is 4.90 Å². The number of hydrogen-bond acceptors (Lipinski definition) is 2. The fourth-order valence-electron chi connectivity index (χ4n) is 4.64. The predicted molar refractivity (Wildman–Crippen MR) is 150 cm³/mol. The van der Waals surface area contributed by atoms with Gasteiger partial charge in [0.1, 0.15) is 0 Å². The van der Waals surface area contributed by atoms with Crippen molar-refractivity contribution in [1.29, 1.82) is 0 Å². The van der Waals surface area contributed by atoms with Gasteiger partial charge in [0.25, 0.3) is 0 Å². The molecular formula is C32H36F3N3. The molecule has 38 heavy (non-hydrogen) atoms. The highest BCUT2D eigenvalue weighted by Crippen LogP contribution is 2.37. The molecule has 0 bridgehead atoms. The van der Waals surface area contributed by atoms with Crippen molar-refractivity contribution >= 4 is 17.1 Å². The summed E-state index contributed by atoms with van der Waals surface area (Å²) in [5, 5.41) is 0. The van der Waals surface area contributed by atoms with Crippen LogP contribution in [0.1, 0.15) is 69.1 Å². The fourth-order valence-corrected chi connectivity index (χ4v) is 4.64. The number of aryl methyl sites for hydroxylation is 2. The van der Waals surface area contributed by atoms with E-state index in [1.165, 1.54) is 49.7 Å². The van der Waals surface area contributed by atoms with Gasteiger partial charge in [-0.25, -0.2) is 0 Å². The van der Waals surface area contributed by atoms with Crippen LogP contribution in [-0.4, -0.2) is 9.97 Å². The van der Waals surface area contributed by atoms with E-state index in [1.807, 2.05) is 12.1 Å². The van der Waals surface area contributed by atoms with E-state index in [9.17, 15) is 13.2 Å². The van der Waals surface area contributed by atoms with Gasteiger partial charge < -0.3 is 9.88 Å². The molecule has 4 rings (SSSR count). The standard InChI is InChI=1S/C32H36F3N3/c1-3-5-7-9-24-11-15-27(16-12-24)38(28-17-13-25(14-18-28)10-8-6-4-2)29-19-20-36-31(22-29)30-21-26(23-37-30)32(33,34)35/h11-23,37H,3-10H2,1-2H3. The number of unbranched alkanes of at least 4 members (excludes halogenated alkanes) is 4. The normalized spacial score (nSPS) is 11.6. The molecule has 4 aromatic rings. The van der Waals surface area contributed by atoms with Crippen LogP contribution >= 0.6 is 0 Å². The lowest BCUT2D eigenvalue weighted by Crippen LogP contribution is -2.10. The predicted octanol–water partition coefficient (Wildman–Crippen LogP) is 10.0. The highest BCUT2D eigenvalue weighted by atomic mass is 19.4. The summed E-state index contributed by atoms with van der Waals surface area (Å²) in [5.41, 5.74) is 5.48. The molecule has 2 aromatic carbocycles. The van der Waals surface area contributed by atoms with Gasteiger partial charge in [0, 0.05) is 29.5 Å². The Morgan fingerprint density at radius 3 is 1.74 bits per heavy atom. The second-order valence-electron chi connectivity index (χ2n) is 9.78. The van der Waals surface area contributed by atoms with E-state index in [-0.39, 0.29) is 0 Å². The summed E-state index contributed by atoms with van der Waals surface area (Å²) < 4.78 is 39.5. The highest BCUT2D eigenvalue weighted by Gasteiger charge is 2.31. The number of hydrogen-bond donors (Lipinski definition) is 1. The summed E-state index contributed by atoms with van der Waals surface area (Å²) in [4.78, 5) is 9.23. The van der Waals surface area contributed by atoms with Gasteiger partial charge in [0.05, 0.1) is 17.0 Å².